The maximum atomic E-state index is 11.3. The summed E-state index contributed by atoms with van der Waals surface area (Å²) in [7, 11) is 1.71. The molecule has 0 saturated heterocycles. The van der Waals surface area contributed by atoms with Crippen LogP contribution in [0.25, 0.3) is 0 Å². The number of nitrogens with one attached hydrogen (secondary N) is 2. The van der Waals surface area contributed by atoms with Crippen molar-refractivity contribution in [3.05, 3.63) is 11.8 Å². The minimum Gasteiger partial charge on any atom is -0.382 e. The van der Waals surface area contributed by atoms with Crippen molar-refractivity contribution in [2.45, 2.75) is 20.4 Å². The highest BCUT2D eigenvalue weighted by Gasteiger charge is 2.21. The number of hydrogen-bond donors (Lipinski definition) is 3. The minimum absolute atomic E-state index is 0.109. The average molecular weight is 213 g/mol. The first-order chi connectivity index (χ1) is 7.10. The molecule has 0 aliphatic heterocycles. The lowest BCUT2D eigenvalue weighted by molar-refractivity contribution is -0.793. The maximum Gasteiger partial charge on any atom is 0.288 e. The molecule has 1 aromatic heterocycles. The van der Waals surface area contributed by atoms with Gasteiger partial charge in [0.15, 0.2) is 0 Å². The molecule has 15 heavy (non-hydrogen) atoms. The van der Waals surface area contributed by atoms with Gasteiger partial charge >= 0.3 is 0 Å². The smallest absolute Gasteiger partial charge is 0.288 e. The van der Waals surface area contributed by atoms with Crippen LogP contribution in [-0.2, 0) is 11.3 Å². The number of aromatic nitrogens is 2. The Morgan fingerprint density at radius 1 is 1.67 bits per heavy atom. The molecule has 1 aromatic rings. The summed E-state index contributed by atoms with van der Waals surface area (Å²) in [6, 6.07) is 1.76. The molecule has 0 aromatic carbocycles. The van der Waals surface area contributed by atoms with Gasteiger partial charge in [0.1, 0.15) is 0 Å². The van der Waals surface area contributed by atoms with Crippen LogP contribution in [0.15, 0.2) is 6.07 Å². The number of nitrogens with zero attached hydrogens (tertiary/aromatic N) is 2. The fourth-order valence-electron chi connectivity index (χ4n) is 1.36. The van der Waals surface area contributed by atoms with Gasteiger partial charge < -0.3 is 15.8 Å². The van der Waals surface area contributed by atoms with E-state index in [0.717, 1.165) is 10.5 Å². The summed E-state index contributed by atoms with van der Waals surface area (Å²) < 4.78 is 1.48. The number of carbonyl (C=O) groups excluding carboxylic acids is 1. The van der Waals surface area contributed by atoms with Crippen LogP contribution in [0.4, 0.5) is 5.82 Å². The molecule has 0 aliphatic carbocycles. The van der Waals surface area contributed by atoms with Crippen molar-refractivity contribution in [1.82, 2.24) is 10.2 Å². The molecule has 0 spiro atoms. The van der Waals surface area contributed by atoms with E-state index >= 15 is 0 Å². The molecule has 1 heterocycles. The quantitative estimate of drug-likeness (QED) is 0.466. The largest absolute Gasteiger partial charge is 0.382 e. The van der Waals surface area contributed by atoms with Gasteiger partial charge in [0.25, 0.3) is 12.5 Å². The summed E-state index contributed by atoms with van der Waals surface area (Å²) in [5.74, 6) is 0.429. The lowest BCUT2D eigenvalue weighted by Gasteiger charge is -2.00. The van der Waals surface area contributed by atoms with Gasteiger partial charge in [-0.3, -0.25) is 4.79 Å². The van der Waals surface area contributed by atoms with Crippen molar-refractivity contribution in [3.63, 3.8) is 0 Å². The molecule has 6 heteroatoms. The van der Waals surface area contributed by atoms with Crippen molar-refractivity contribution in [2.75, 3.05) is 18.9 Å². The second-order valence-electron chi connectivity index (χ2n) is 3.22. The van der Waals surface area contributed by atoms with E-state index in [9.17, 15) is 10.0 Å². The predicted molar refractivity (Wildman–Crippen MR) is 54.8 cm³/mol. The standard InChI is InChI=1S/C9H16N4O2/c1-4-11-9(14)6-12-7(2)5-8(10-3)13(12)15/h5,15H,4,6H2,1-3H3,(H,11,14)/p+1. The Labute approximate surface area is 88.4 Å². The predicted octanol–water partition coefficient (Wildman–Crippen LogP) is -0.501. The van der Waals surface area contributed by atoms with E-state index < -0.39 is 0 Å². The van der Waals surface area contributed by atoms with Crippen molar-refractivity contribution in [3.8, 4) is 0 Å². The lowest BCUT2D eigenvalue weighted by atomic mass is 10.4. The van der Waals surface area contributed by atoms with Gasteiger partial charge in [-0.1, -0.05) is 4.68 Å². The first-order valence-corrected chi connectivity index (χ1v) is 4.86. The number of rotatable bonds is 4. The molecule has 0 aliphatic rings. The van der Waals surface area contributed by atoms with Crippen LogP contribution in [0.5, 0.6) is 0 Å². The molecule has 0 fully saturated rings. The number of likely N-dealkylation sites (N-methyl/N-ethyl adjacent to an activating group) is 1. The summed E-state index contributed by atoms with van der Waals surface area (Å²) in [5, 5.41) is 15.2. The maximum absolute atomic E-state index is 11.3. The van der Waals surface area contributed by atoms with Crippen LogP contribution in [0.3, 0.4) is 0 Å². The van der Waals surface area contributed by atoms with Crippen LogP contribution in [0, 0.1) is 6.92 Å². The van der Waals surface area contributed by atoms with Crippen molar-refractivity contribution >= 4 is 11.7 Å². The summed E-state index contributed by atoms with van der Waals surface area (Å²) >= 11 is 0. The van der Waals surface area contributed by atoms with Crippen LogP contribution in [-0.4, -0.2) is 29.6 Å². The molecule has 6 nitrogen and oxygen atoms in total. The van der Waals surface area contributed by atoms with Gasteiger partial charge in [-0.2, -0.15) is 0 Å². The monoisotopic (exact) mass is 213 g/mol. The molecule has 0 unspecified atom stereocenters. The van der Waals surface area contributed by atoms with E-state index in [0.29, 0.717) is 12.4 Å². The van der Waals surface area contributed by atoms with Gasteiger partial charge in [0, 0.05) is 25.4 Å². The molecule has 1 amide bonds. The van der Waals surface area contributed by atoms with Gasteiger partial charge in [0.2, 0.25) is 11.5 Å². The second kappa shape index (κ2) is 4.68. The number of anilines is 1. The number of hydrogen-bond acceptors (Lipinski definition) is 3. The second-order valence-corrected chi connectivity index (χ2v) is 3.22. The van der Waals surface area contributed by atoms with Crippen LogP contribution >= 0.6 is 0 Å². The Hall–Kier alpha value is -1.72. The zero-order valence-corrected chi connectivity index (χ0v) is 9.24. The van der Waals surface area contributed by atoms with Crippen LogP contribution < -0.4 is 15.3 Å². The average Bonchev–Trinajstić information content (AvgIpc) is 2.45. The Bertz CT molecular complexity index is 359. The van der Waals surface area contributed by atoms with E-state index in [2.05, 4.69) is 10.6 Å². The molecular weight excluding hydrogens is 196 g/mol. The Balaban J connectivity index is 2.85. The van der Waals surface area contributed by atoms with E-state index in [4.69, 9.17) is 0 Å². The zero-order valence-electron chi connectivity index (χ0n) is 9.24. The van der Waals surface area contributed by atoms with Crippen LogP contribution in [0.1, 0.15) is 12.6 Å². The highest BCUT2D eigenvalue weighted by molar-refractivity contribution is 5.74. The fourth-order valence-corrected chi connectivity index (χ4v) is 1.36. The molecule has 3 N–H and O–H groups in total. The summed E-state index contributed by atoms with van der Waals surface area (Å²) in [4.78, 5) is 12.3. The Morgan fingerprint density at radius 2 is 2.33 bits per heavy atom. The molecular formula is C9H17N4O2+. The highest BCUT2D eigenvalue weighted by Crippen LogP contribution is 2.04. The zero-order chi connectivity index (χ0) is 11.4. The van der Waals surface area contributed by atoms with Crippen molar-refractivity contribution in [2.24, 2.45) is 0 Å². The highest BCUT2D eigenvalue weighted by atomic mass is 16.5. The van der Waals surface area contributed by atoms with Gasteiger partial charge in [-0.15, -0.1) is 0 Å². The number of aryl methyl sites for hydroxylation is 1. The lowest BCUT2D eigenvalue weighted by Crippen LogP contribution is -2.50. The van der Waals surface area contributed by atoms with E-state index in [-0.39, 0.29) is 12.5 Å². The molecule has 0 atom stereocenters. The van der Waals surface area contributed by atoms with Gasteiger partial charge in [-0.05, 0) is 6.92 Å². The van der Waals surface area contributed by atoms with Crippen molar-refractivity contribution in [1.29, 1.82) is 0 Å². The molecule has 1 rings (SSSR count). The minimum atomic E-state index is -0.123. The third-order valence-corrected chi connectivity index (χ3v) is 2.12. The topological polar surface area (TPSA) is 70.2 Å². The SMILES string of the molecule is CCNC(=O)C[n+]1c(C)cc(NC)n1O. The van der Waals surface area contributed by atoms with Gasteiger partial charge in [0.05, 0.1) is 6.07 Å². The first kappa shape index (κ1) is 11.4. The van der Waals surface area contributed by atoms with Crippen LogP contribution in [0.2, 0.25) is 0 Å². The van der Waals surface area contributed by atoms with E-state index in [1.165, 1.54) is 4.68 Å². The Kier molecular flexibility index (Phi) is 3.54. The van der Waals surface area contributed by atoms with E-state index in [1.54, 1.807) is 13.1 Å². The first-order valence-electron chi connectivity index (χ1n) is 4.86. The molecule has 0 saturated carbocycles. The Morgan fingerprint density at radius 3 is 2.80 bits per heavy atom. The molecule has 0 radical (unpaired) electrons. The molecule has 0 bridgehead atoms. The third-order valence-electron chi connectivity index (χ3n) is 2.12. The summed E-state index contributed by atoms with van der Waals surface area (Å²) in [6.45, 7) is 4.38. The molecule has 84 valence electrons. The summed E-state index contributed by atoms with van der Waals surface area (Å²) in [6.07, 6.45) is 0. The normalized spacial score (nSPS) is 10.1. The summed E-state index contributed by atoms with van der Waals surface area (Å²) in [5.41, 5.74) is 0.813. The van der Waals surface area contributed by atoms with Crippen molar-refractivity contribution < 1.29 is 14.7 Å². The van der Waals surface area contributed by atoms with E-state index in [1.807, 2.05) is 13.8 Å². The van der Waals surface area contributed by atoms with Gasteiger partial charge in [-0.25, -0.2) is 0 Å². The fraction of sp³-hybridized carbons (Fsp3) is 0.556. The number of carbonyl (C=O) groups is 1. The third kappa shape index (κ3) is 2.39. The number of amides is 1.